The molecule has 3 rings (SSSR count). The molecule has 0 aliphatic carbocycles. The van der Waals surface area contributed by atoms with E-state index < -0.39 is 0 Å². The molecule has 1 N–H and O–H groups in total. The van der Waals surface area contributed by atoms with E-state index in [-0.39, 0.29) is 0 Å². The van der Waals surface area contributed by atoms with Gasteiger partial charge in [0.1, 0.15) is 13.2 Å². The monoisotopic (exact) mass is 261 g/mol. The summed E-state index contributed by atoms with van der Waals surface area (Å²) in [5, 5.41) is 3.38. The van der Waals surface area contributed by atoms with Gasteiger partial charge in [-0.25, -0.2) is 0 Å². The lowest BCUT2D eigenvalue weighted by Gasteiger charge is -2.26. The summed E-state index contributed by atoms with van der Waals surface area (Å²) in [4.78, 5) is 11.0. The normalized spacial score (nSPS) is 19.2. The van der Waals surface area contributed by atoms with E-state index in [0.29, 0.717) is 30.4 Å². The molecule has 19 heavy (non-hydrogen) atoms. The van der Waals surface area contributed by atoms with Crippen molar-refractivity contribution in [2.75, 3.05) is 26.3 Å². The quantitative estimate of drug-likeness (QED) is 0.843. The number of rotatable bonds is 3. The van der Waals surface area contributed by atoms with Crippen LogP contribution in [-0.2, 0) is 6.42 Å². The molecule has 4 heteroatoms. The Kier molecular flexibility index (Phi) is 3.69. The average molecular weight is 261 g/mol. The average Bonchev–Trinajstić information content (AvgIpc) is 2.49. The van der Waals surface area contributed by atoms with Gasteiger partial charge in [-0.3, -0.25) is 4.79 Å². The van der Waals surface area contributed by atoms with E-state index in [0.717, 1.165) is 31.5 Å². The second kappa shape index (κ2) is 5.61. The second-order valence-electron chi connectivity index (χ2n) is 5.18. The summed E-state index contributed by atoms with van der Waals surface area (Å²) in [5.41, 5.74) is 1.76. The zero-order valence-electron chi connectivity index (χ0n) is 11.0. The van der Waals surface area contributed by atoms with E-state index in [2.05, 4.69) is 5.32 Å². The first kappa shape index (κ1) is 12.5. The molecule has 0 radical (unpaired) electrons. The van der Waals surface area contributed by atoms with Crippen LogP contribution in [0, 0.1) is 5.92 Å². The van der Waals surface area contributed by atoms with Crippen molar-refractivity contribution in [1.29, 1.82) is 0 Å². The zero-order valence-corrected chi connectivity index (χ0v) is 11.0. The maximum atomic E-state index is 11.0. The lowest BCUT2D eigenvalue weighted by atomic mass is 9.90. The molecule has 0 atom stereocenters. The molecule has 0 spiro atoms. The minimum atomic E-state index is 0.518. The molecule has 0 bridgehead atoms. The highest BCUT2D eigenvalue weighted by molar-refractivity contribution is 5.82. The van der Waals surface area contributed by atoms with Gasteiger partial charge in [-0.15, -0.1) is 0 Å². The SMILES string of the molecule is O=Cc1ccc(CC2CCNCC2)c2c1OCCO2. The lowest BCUT2D eigenvalue weighted by molar-refractivity contribution is 0.111. The number of hydrogen-bond acceptors (Lipinski definition) is 4. The van der Waals surface area contributed by atoms with Crippen molar-refractivity contribution in [2.45, 2.75) is 19.3 Å². The highest BCUT2D eigenvalue weighted by Gasteiger charge is 2.22. The highest BCUT2D eigenvalue weighted by Crippen LogP contribution is 2.38. The standard InChI is InChI=1S/C15H19NO3/c17-10-13-2-1-12(9-11-3-5-16-6-4-11)14-15(13)19-8-7-18-14/h1-2,10-11,16H,3-9H2. The Labute approximate surface area is 113 Å². The molecule has 2 aliphatic heterocycles. The Morgan fingerprint density at radius 1 is 1.16 bits per heavy atom. The third-order valence-electron chi connectivity index (χ3n) is 3.89. The first-order valence-corrected chi connectivity index (χ1v) is 6.96. The molecule has 102 valence electrons. The van der Waals surface area contributed by atoms with Crippen LogP contribution in [0.1, 0.15) is 28.8 Å². The molecule has 1 aromatic rings. The Bertz CT molecular complexity index is 467. The van der Waals surface area contributed by atoms with Crippen molar-refractivity contribution in [1.82, 2.24) is 5.32 Å². The Morgan fingerprint density at radius 2 is 1.89 bits per heavy atom. The number of piperidine rings is 1. The number of carbonyl (C=O) groups is 1. The van der Waals surface area contributed by atoms with Crippen molar-refractivity contribution in [2.24, 2.45) is 5.92 Å². The molecule has 2 heterocycles. The van der Waals surface area contributed by atoms with Crippen LogP contribution in [0.5, 0.6) is 11.5 Å². The smallest absolute Gasteiger partial charge is 0.172 e. The van der Waals surface area contributed by atoms with E-state index in [4.69, 9.17) is 9.47 Å². The van der Waals surface area contributed by atoms with Crippen LogP contribution >= 0.6 is 0 Å². The predicted octanol–water partition coefficient (Wildman–Crippen LogP) is 1.81. The van der Waals surface area contributed by atoms with Gasteiger partial charge in [0.25, 0.3) is 0 Å². The van der Waals surface area contributed by atoms with Crippen LogP contribution in [0.3, 0.4) is 0 Å². The molecule has 0 unspecified atom stereocenters. The number of benzene rings is 1. The topological polar surface area (TPSA) is 47.6 Å². The van der Waals surface area contributed by atoms with Crippen LogP contribution in [0.25, 0.3) is 0 Å². The summed E-state index contributed by atoms with van der Waals surface area (Å²) >= 11 is 0. The van der Waals surface area contributed by atoms with Gasteiger partial charge in [-0.1, -0.05) is 6.07 Å². The van der Waals surface area contributed by atoms with Crippen molar-refractivity contribution >= 4 is 6.29 Å². The fourth-order valence-corrected chi connectivity index (χ4v) is 2.86. The van der Waals surface area contributed by atoms with Crippen molar-refractivity contribution in [3.05, 3.63) is 23.3 Å². The summed E-state index contributed by atoms with van der Waals surface area (Å²) in [6.45, 7) is 3.27. The maximum Gasteiger partial charge on any atom is 0.172 e. The number of hydrogen-bond donors (Lipinski definition) is 1. The van der Waals surface area contributed by atoms with Crippen LogP contribution in [0.4, 0.5) is 0 Å². The fourth-order valence-electron chi connectivity index (χ4n) is 2.86. The third-order valence-corrected chi connectivity index (χ3v) is 3.89. The predicted molar refractivity (Wildman–Crippen MR) is 72.1 cm³/mol. The first-order valence-electron chi connectivity index (χ1n) is 6.96. The van der Waals surface area contributed by atoms with Gasteiger partial charge in [0, 0.05) is 0 Å². The molecule has 2 aliphatic rings. The van der Waals surface area contributed by atoms with Gasteiger partial charge in [0.05, 0.1) is 5.56 Å². The van der Waals surface area contributed by atoms with Gasteiger partial charge in [0.2, 0.25) is 0 Å². The molecule has 1 saturated heterocycles. The molecule has 0 amide bonds. The molecule has 0 saturated carbocycles. The van der Waals surface area contributed by atoms with E-state index >= 15 is 0 Å². The van der Waals surface area contributed by atoms with Gasteiger partial charge >= 0.3 is 0 Å². The number of carbonyl (C=O) groups excluding carboxylic acids is 1. The minimum absolute atomic E-state index is 0.518. The van der Waals surface area contributed by atoms with Crippen molar-refractivity contribution < 1.29 is 14.3 Å². The van der Waals surface area contributed by atoms with E-state index in [1.807, 2.05) is 12.1 Å². The minimum Gasteiger partial charge on any atom is -0.486 e. The molecule has 0 aromatic heterocycles. The van der Waals surface area contributed by atoms with Gasteiger partial charge in [0.15, 0.2) is 17.8 Å². The summed E-state index contributed by atoms with van der Waals surface area (Å²) < 4.78 is 11.3. The number of ether oxygens (including phenoxy) is 2. The van der Waals surface area contributed by atoms with Gasteiger partial charge in [-0.2, -0.15) is 0 Å². The zero-order chi connectivity index (χ0) is 13.1. The summed E-state index contributed by atoms with van der Waals surface area (Å²) in [7, 11) is 0. The summed E-state index contributed by atoms with van der Waals surface area (Å²) in [6.07, 6.45) is 4.24. The van der Waals surface area contributed by atoms with E-state index in [1.165, 1.54) is 18.4 Å². The van der Waals surface area contributed by atoms with Crippen LogP contribution in [-0.4, -0.2) is 32.6 Å². The van der Waals surface area contributed by atoms with Crippen LogP contribution < -0.4 is 14.8 Å². The highest BCUT2D eigenvalue weighted by atomic mass is 16.6. The van der Waals surface area contributed by atoms with Crippen molar-refractivity contribution in [3.8, 4) is 11.5 Å². The molecule has 1 aromatic carbocycles. The molecule has 4 nitrogen and oxygen atoms in total. The van der Waals surface area contributed by atoms with Gasteiger partial charge in [-0.05, 0) is 49.9 Å². The molecular formula is C15H19NO3. The first-order chi connectivity index (χ1) is 9.38. The van der Waals surface area contributed by atoms with E-state index in [9.17, 15) is 4.79 Å². The lowest BCUT2D eigenvalue weighted by Crippen LogP contribution is -2.29. The molecule has 1 fully saturated rings. The fraction of sp³-hybridized carbons (Fsp3) is 0.533. The van der Waals surface area contributed by atoms with Crippen LogP contribution in [0.2, 0.25) is 0 Å². The Balaban J connectivity index is 1.86. The Hall–Kier alpha value is -1.55. The largest absolute Gasteiger partial charge is 0.486 e. The van der Waals surface area contributed by atoms with Crippen molar-refractivity contribution in [3.63, 3.8) is 0 Å². The number of fused-ring (bicyclic) bond motifs is 1. The molecular weight excluding hydrogens is 242 g/mol. The van der Waals surface area contributed by atoms with Gasteiger partial charge < -0.3 is 14.8 Å². The summed E-state index contributed by atoms with van der Waals surface area (Å²) in [6, 6.07) is 3.86. The summed E-state index contributed by atoms with van der Waals surface area (Å²) in [5.74, 6) is 2.11. The third kappa shape index (κ3) is 2.59. The Morgan fingerprint density at radius 3 is 2.63 bits per heavy atom. The van der Waals surface area contributed by atoms with Crippen LogP contribution in [0.15, 0.2) is 12.1 Å². The van der Waals surface area contributed by atoms with E-state index in [1.54, 1.807) is 0 Å². The maximum absolute atomic E-state index is 11.0. The number of aldehydes is 1. The number of nitrogens with one attached hydrogen (secondary N) is 1. The second-order valence-corrected chi connectivity index (χ2v) is 5.18.